The molecular formula is C29H42O7. The number of esters is 1. The molecule has 3 aliphatic heterocycles. The number of rotatable bonds is 11. The molecule has 0 amide bonds. The molecule has 0 spiro atoms. The van der Waals surface area contributed by atoms with E-state index in [1.165, 1.54) is 11.1 Å². The largest absolute Gasteiger partial charge is 0.462 e. The van der Waals surface area contributed by atoms with Crippen molar-refractivity contribution in [3.8, 4) is 0 Å². The second-order valence-corrected chi connectivity index (χ2v) is 10.9. The van der Waals surface area contributed by atoms with E-state index in [0.717, 1.165) is 77.4 Å². The highest BCUT2D eigenvalue weighted by Crippen LogP contribution is 2.46. The van der Waals surface area contributed by atoms with Crippen molar-refractivity contribution in [2.45, 2.75) is 108 Å². The zero-order valence-corrected chi connectivity index (χ0v) is 21.6. The van der Waals surface area contributed by atoms with Crippen LogP contribution in [0.5, 0.6) is 0 Å². The van der Waals surface area contributed by atoms with Crippen LogP contribution in [0, 0.1) is 11.8 Å². The lowest BCUT2D eigenvalue weighted by molar-refractivity contribution is -0.201. The molecule has 7 heteroatoms. The van der Waals surface area contributed by atoms with Crippen LogP contribution >= 0.6 is 0 Å². The van der Waals surface area contributed by atoms with Gasteiger partial charge in [-0.1, -0.05) is 24.3 Å². The summed E-state index contributed by atoms with van der Waals surface area (Å²) in [7, 11) is 1.72. The molecular weight excluding hydrogens is 460 g/mol. The van der Waals surface area contributed by atoms with Crippen LogP contribution in [-0.2, 0) is 46.2 Å². The first-order valence-corrected chi connectivity index (χ1v) is 14.0. The minimum Gasteiger partial charge on any atom is -0.462 e. The molecule has 4 fully saturated rings. The molecule has 1 saturated carbocycles. The van der Waals surface area contributed by atoms with Crippen molar-refractivity contribution in [1.82, 2.24) is 0 Å². The van der Waals surface area contributed by atoms with Crippen LogP contribution < -0.4 is 0 Å². The summed E-state index contributed by atoms with van der Waals surface area (Å²) in [5.41, 5.74) is 2.42. The first kappa shape index (κ1) is 26.1. The molecule has 3 heterocycles. The molecule has 0 N–H and O–H groups in total. The normalized spacial score (nSPS) is 33.3. The molecule has 4 aliphatic rings. The molecule has 0 aromatic heterocycles. The van der Waals surface area contributed by atoms with Gasteiger partial charge in [0.2, 0.25) is 0 Å². The van der Waals surface area contributed by atoms with Crippen molar-refractivity contribution in [3.63, 3.8) is 0 Å². The summed E-state index contributed by atoms with van der Waals surface area (Å²) in [5.74, 6) is 0.425. The molecule has 7 nitrogen and oxygen atoms in total. The van der Waals surface area contributed by atoms with E-state index in [1.54, 1.807) is 7.11 Å². The Kier molecular flexibility index (Phi) is 9.31. The maximum Gasteiger partial charge on any atom is 0.306 e. The minimum atomic E-state index is -0.138. The predicted molar refractivity (Wildman–Crippen MR) is 133 cm³/mol. The predicted octanol–water partition coefficient (Wildman–Crippen LogP) is 4.93. The van der Waals surface area contributed by atoms with Gasteiger partial charge in [0.05, 0.1) is 25.2 Å². The van der Waals surface area contributed by atoms with E-state index in [4.69, 9.17) is 28.4 Å². The summed E-state index contributed by atoms with van der Waals surface area (Å²) < 4.78 is 35.9. The first-order chi connectivity index (χ1) is 17.7. The molecule has 7 atom stereocenters. The molecule has 200 valence electrons. The third-order valence-electron chi connectivity index (χ3n) is 8.19. The van der Waals surface area contributed by atoms with Gasteiger partial charge < -0.3 is 28.4 Å². The van der Waals surface area contributed by atoms with E-state index < -0.39 is 0 Å². The summed E-state index contributed by atoms with van der Waals surface area (Å²) in [6.07, 6.45) is 10.1. The second kappa shape index (κ2) is 12.8. The number of carbonyl (C=O) groups is 1. The molecule has 1 aliphatic carbocycles. The average Bonchev–Trinajstić information content (AvgIpc) is 3.39. The van der Waals surface area contributed by atoms with Crippen LogP contribution in [0.4, 0.5) is 0 Å². The third kappa shape index (κ3) is 6.87. The monoisotopic (exact) mass is 502 g/mol. The minimum absolute atomic E-state index is 0.0251. The highest BCUT2D eigenvalue weighted by atomic mass is 16.7. The maximum atomic E-state index is 12.1. The zero-order valence-electron chi connectivity index (χ0n) is 21.6. The number of benzene rings is 1. The van der Waals surface area contributed by atoms with Crippen LogP contribution in [0.3, 0.4) is 0 Å². The number of hydrogen-bond acceptors (Lipinski definition) is 7. The standard InChI is InChI=1S/C29H42O7/c1-31-19-21-8-6-7-20(15-21)16-22(34-28-9-2-4-13-32-28)11-12-23-24-17-27(30)35-26(24)18-25(23)36-29-10-3-5-14-33-29/h6-8,15,22-26,28-29H,2-5,9-14,16-19H2,1H3/t22-,23-,24-,25-,26+,28?,29?/m1/s1. The average molecular weight is 503 g/mol. The third-order valence-corrected chi connectivity index (χ3v) is 8.19. The number of ether oxygens (including phenoxy) is 6. The number of methoxy groups -OCH3 is 1. The van der Waals surface area contributed by atoms with Gasteiger partial charge in [-0.3, -0.25) is 4.79 Å². The van der Waals surface area contributed by atoms with Crippen molar-refractivity contribution >= 4 is 5.97 Å². The van der Waals surface area contributed by atoms with Gasteiger partial charge in [-0.2, -0.15) is 0 Å². The van der Waals surface area contributed by atoms with Gasteiger partial charge in [0, 0.05) is 32.7 Å². The number of fused-ring (bicyclic) bond motifs is 1. The Morgan fingerprint density at radius 3 is 2.56 bits per heavy atom. The summed E-state index contributed by atoms with van der Waals surface area (Å²) in [4.78, 5) is 12.1. The lowest BCUT2D eigenvalue weighted by Gasteiger charge is -2.32. The molecule has 3 saturated heterocycles. The summed E-state index contributed by atoms with van der Waals surface area (Å²) in [6, 6.07) is 8.56. The SMILES string of the molecule is COCc1cccc(C[C@@H](CC[C@@H]2[C@H]3CC(=O)O[C@H]3C[C@H]2OC2CCCCO2)OC2CCCCO2)c1. The Morgan fingerprint density at radius 1 is 1.03 bits per heavy atom. The fourth-order valence-corrected chi connectivity index (χ4v) is 6.43. The van der Waals surface area contributed by atoms with E-state index in [1.807, 2.05) is 0 Å². The Hall–Kier alpha value is -1.51. The lowest BCUT2D eigenvalue weighted by Crippen LogP contribution is -2.33. The fourth-order valence-electron chi connectivity index (χ4n) is 6.43. The second-order valence-electron chi connectivity index (χ2n) is 10.9. The van der Waals surface area contributed by atoms with Crippen LogP contribution in [0.15, 0.2) is 24.3 Å². The van der Waals surface area contributed by atoms with Gasteiger partial charge in [0.15, 0.2) is 12.6 Å². The summed E-state index contributed by atoms with van der Waals surface area (Å²) in [5, 5.41) is 0. The van der Waals surface area contributed by atoms with E-state index >= 15 is 0 Å². The molecule has 5 rings (SSSR count). The van der Waals surface area contributed by atoms with Crippen LogP contribution in [0.2, 0.25) is 0 Å². The number of hydrogen-bond donors (Lipinski definition) is 0. The Morgan fingerprint density at radius 2 is 1.81 bits per heavy atom. The quantitative estimate of drug-likeness (QED) is 0.397. The van der Waals surface area contributed by atoms with Crippen LogP contribution in [-0.4, -0.2) is 57.2 Å². The van der Waals surface area contributed by atoms with Gasteiger partial charge >= 0.3 is 5.97 Å². The van der Waals surface area contributed by atoms with E-state index in [-0.39, 0.29) is 48.7 Å². The van der Waals surface area contributed by atoms with Crippen LogP contribution in [0.25, 0.3) is 0 Å². The molecule has 0 bridgehead atoms. The molecule has 1 aromatic rings. The van der Waals surface area contributed by atoms with Gasteiger partial charge in [0.1, 0.15) is 6.10 Å². The molecule has 36 heavy (non-hydrogen) atoms. The topological polar surface area (TPSA) is 72.5 Å². The Labute approximate surface area is 215 Å². The Bertz CT molecular complexity index is 833. The van der Waals surface area contributed by atoms with Crippen molar-refractivity contribution in [2.24, 2.45) is 11.8 Å². The number of carbonyl (C=O) groups excluding carboxylic acids is 1. The van der Waals surface area contributed by atoms with Gasteiger partial charge in [-0.05, 0) is 74.8 Å². The van der Waals surface area contributed by atoms with E-state index in [0.29, 0.717) is 13.0 Å². The fraction of sp³-hybridized carbons (Fsp3) is 0.759. The maximum absolute atomic E-state index is 12.1. The first-order valence-electron chi connectivity index (χ1n) is 14.0. The van der Waals surface area contributed by atoms with Crippen molar-refractivity contribution in [2.75, 3.05) is 20.3 Å². The van der Waals surface area contributed by atoms with E-state index in [9.17, 15) is 4.79 Å². The lowest BCUT2D eigenvalue weighted by atomic mass is 9.86. The van der Waals surface area contributed by atoms with E-state index in [2.05, 4.69) is 24.3 Å². The van der Waals surface area contributed by atoms with Crippen molar-refractivity contribution in [1.29, 1.82) is 0 Å². The molecule has 1 aromatic carbocycles. The van der Waals surface area contributed by atoms with Gasteiger partial charge in [0.25, 0.3) is 0 Å². The highest BCUT2D eigenvalue weighted by Gasteiger charge is 2.51. The van der Waals surface area contributed by atoms with Gasteiger partial charge in [-0.25, -0.2) is 0 Å². The van der Waals surface area contributed by atoms with Crippen molar-refractivity contribution < 1.29 is 33.2 Å². The molecule has 2 unspecified atom stereocenters. The summed E-state index contributed by atoms with van der Waals surface area (Å²) in [6.45, 7) is 2.14. The van der Waals surface area contributed by atoms with Gasteiger partial charge in [-0.15, -0.1) is 0 Å². The molecule has 0 radical (unpaired) electrons. The Balaban J connectivity index is 1.26. The van der Waals surface area contributed by atoms with Crippen molar-refractivity contribution in [3.05, 3.63) is 35.4 Å². The highest BCUT2D eigenvalue weighted by molar-refractivity contribution is 5.72. The van der Waals surface area contributed by atoms with Crippen LogP contribution in [0.1, 0.15) is 75.3 Å². The summed E-state index contributed by atoms with van der Waals surface area (Å²) >= 11 is 0. The smallest absolute Gasteiger partial charge is 0.306 e. The zero-order chi connectivity index (χ0) is 24.7.